The van der Waals surface area contributed by atoms with Gasteiger partial charge in [-0.1, -0.05) is 6.07 Å². The smallest absolute Gasteiger partial charge is 0.225 e. The summed E-state index contributed by atoms with van der Waals surface area (Å²) in [5.41, 5.74) is 7.36. The number of imidazole rings is 1. The van der Waals surface area contributed by atoms with Gasteiger partial charge in [0.25, 0.3) is 0 Å². The number of aromatic nitrogens is 4. The lowest BCUT2D eigenvalue weighted by Gasteiger charge is -2.34. The van der Waals surface area contributed by atoms with Gasteiger partial charge in [0.1, 0.15) is 5.82 Å². The van der Waals surface area contributed by atoms with Crippen molar-refractivity contribution in [3.05, 3.63) is 65.6 Å². The van der Waals surface area contributed by atoms with Gasteiger partial charge in [-0.15, -0.1) is 0 Å². The van der Waals surface area contributed by atoms with E-state index in [0.717, 1.165) is 84.9 Å². The number of nitrogens with zero attached hydrogens (tertiary/aromatic N) is 5. The van der Waals surface area contributed by atoms with Crippen LogP contribution >= 0.6 is 0 Å². The third-order valence-electron chi connectivity index (χ3n) is 6.98. The van der Waals surface area contributed by atoms with Gasteiger partial charge in [0.05, 0.1) is 11.0 Å². The molecule has 6 rings (SSSR count). The highest BCUT2D eigenvalue weighted by Crippen LogP contribution is 2.31. The Bertz CT molecular complexity index is 1400. The second kappa shape index (κ2) is 9.35. The fourth-order valence-electron chi connectivity index (χ4n) is 4.98. The number of hydrogen-bond acceptors (Lipinski definition) is 6. The van der Waals surface area contributed by atoms with Crippen molar-refractivity contribution in [2.75, 3.05) is 31.5 Å². The lowest BCUT2D eigenvalue weighted by molar-refractivity contribution is -0.134. The first-order valence-corrected chi connectivity index (χ1v) is 12.7. The molecule has 0 radical (unpaired) electrons. The Morgan fingerprint density at radius 2 is 1.75 bits per heavy atom. The Morgan fingerprint density at radius 1 is 0.972 bits per heavy atom. The average Bonchev–Trinajstić information content (AvgIpc) is 3.63. The molecule has 1 saturated carbocycles. The van der Waals surface area contributed by atoms with Gasteiger partial charge in [-0.25, -0.2) is 9.97 Å². The van der Waals surface area contributed by atoms with E-state index in [2.05, 4.69) is 61.6 Å². The van der Waals surface area contributed by atoms with Crippen molar-refractivity contribution in [2.45, 2.75) is 33.2 Å². The third kappa shape index (κ3) is 4.95. The number of aromatic amines is 1. The Hall–Kier alpha value is -3.78. The molecule has 3 aromatic heterocycles. The molecule has 1 amide bonds. The lowest BCUT2D eigenvalue weighted by Crippen LogP contribution is -2.48. The molecule has 2 fully saturated rings. The van der Waals surface area contributed by atoms with Gasteiger partial charge in [0, 0.05) is 56.2 Å². The second-order valence-corrected chi connectivity index (χ2v) is 10.0. The minimum atomic E-state index is 0.305. The van der Waals surface area contributed by atoms with E-state index in [4.69, 9.17) is 4.98 Å². The number of amides is 1. The number of nitrogens with one attached hydrogen (secondary N) is 2. The summed E-state index contributed by atoms with van der Waals surface area (Å²) in [5, 5.41) is 3.33. The quantitative estimate of drug-likeness (QED) is 0.423. The number of piperazine rings is 1. The molecule has 1 aliphatic heterocycles. The zero-order chi connectivity index (χ0) is 24.6. The van der Waals surface area contributed by atoms with Crippen LogP contribution in [0.4, 0.5) is 11.8 Å². The molecule has 2 N–H and O–H groups in total. The minimum Gasteiger partial charge on any atom is -0.340 e. The molecule has 4 heterocycles. The molecule has 1 aliphatic carbocycles. The summed E-state index contributed by atoms with van der Waals surface area (Å²) in [6.45, 7) is 8.35. The minimum absolute atomic E-state index is 0.305. The first kappa shape index (κ1) is 22.7. The highest BCUT2D eigenvalue weighted by molar-refractivity contribution is 5.84. The fraction of sp³-hybridized carbons (Fsp3) is 0.357. The van der Waals surface area contributed by atoms with E-state index < -0.39 is 0 Å². The van der Waals surface area contributed by atoms with Crippen molar-refractivity contribution >= 4 is 28.7 Å². The number of fused-ring (bicyclic) bond motifs is 1. The van der Waals surface area contributed by atoms with E-state index in [0.29, 0.717) is 17.8 Å². The Morgan fingerprint density at radius 3 is 2.50 bits per heavy atom. The summed E-state index contributed by atoms with van der Waals surface area (Å²) >= 11 is 0. The summed E-state index contributed by atoms with van der Waals surface area (Å²) in [5.74, 6) is 2.09. The standard InChI is InChI=1S/C28H31N7O/c1-18-13-23(14-19(2)30-18)22-5-6-24-25(16-22)32-28(31-24)33-26-15-20(7-8-29-26)17-34-9-11-35(12-10-34)27(36)21-3-4-21/h5-8,13-16,21H,3-4,9-12,17H2,1-2H3,(H2,29,31,32,33). The van der Waals surface area contributed by atoms with Crippen LogP contribution in [0.5, 0.6) is 0 Å². The largest absolute Gasteiger partial charge is 0.340 e. The molecular formula is C28H31N7O. The second-order valence-electron chi connectivity index (χ2n) is 10.0. The van der Waals surface area contributed by atoms with Crippen molar-refractivity contribution in [1.82, 2.24) is 29.7 Å². The number of anilines is 2. The van der Waals surface area contributed by atoms with E-state index in [9.17, 15) is 4.79 Å². The Balaban J connectivity index is 1.12. The summed E-state index contributed by atoms with van der Waals surface area (Å²) < 4.78 is 0. The summed E-state index contributed by atoms with van der Waals surface area (Å²) in [4.78, 5) is 33.8. The number of benzene rings is 1. The van der Waals surface area contributed by atoms with Crippen molar-refractivity contribution < 1.29 is 4.79 Å². The van der Waals surface area contributed by atoms with E-state index >= 15 is 0 Å². The van der Waals surface area contributed by atoms with Crippen LogP contribution in [0.3, 0.4) is 0 Å². The van der Waals surface area contributed by atoms with Crippen LogP contribution in [-0.2, 0) is 11.3 Å². The molecule has 1 aromatic carbocycles. The molecule has 184 valence electrons. The summed E-state index contributed by atoms with van der Waals surface area (Å²) in [6.07, 6.45) is 3.98. The van der Waals surface area contributed by atoms with Crippen molar-refractivity contribution in [3.8, 4) is 11.1 Å². The van der Waals surface area contributed by atoms with Gasteiger partial charge < -0.3 is 15.2 Å². The molecule has 36 heavy (non-hydrogen) atoms. The van der Waals surface area contributed by atoms with Crippen LogP contribution in [0, 0.1) is 19.8 Å². The summed E-state index contributed by atoms with van der Waals surface area (Å²) in [7, 11) is 0. The normalized spacial score (nSPS) is 16.4. The van der Waals surface area contributed by atoms with Gasteiger partial charge in [0.15, 0.2) is 0 Å². The topological polar surface area (TPSA) is 90.0 Å². The predicted molar refractivity (Wildman–Crippen MR) is 141 cm³/mol. The molecule has 4 aromatic rings. The molecule has 8 heteroatoms. The molecule has 0 atom stereocenters. The number of rotatable bonds is 6. The Kier molecular flexibility index (Phi) is 5.89. The van der Waals surface area contributed by atoms with E-state index in [1.165, 1.54) is 5.56 Å². The number of pyridine rings is 2. The number of carbonyl (C=O) groups excluding carboxylic acids is 1. The zero-order valence-corrected chi connectivity index (χ0v) is 20.8. The molecule has 2 aliphatic rings. The van der Waals surface area contributed by atoms with E-state index in [-0.39, 0.29) is 0 Å². The van der Waals surface area contributed by atoms with Crippen molar-refractivity contribution in [3.63, 3.8) is 0 Å². The molecule has 0 bridgehead atoms. The molecule has 1 saturated heterocycles. The van der Waals surface area contributed by atoms with Crippen LogP contribution in [-0.4, -0.2) is 61.8 Å². The molecular weight excluding hydrogens is 450 g/mol. The van der Waals surface area contributed by atoms with E-state index in [1.54, 1.807) is 0 Å². The average molecular weight is 482 g/mol. The number of H-pyrrole nitrogens is 1. The lowest BCUT2D eigenvalue weighted by atomic mass is 10.0. The molecule has 0 unspecified atom stereocenters. The van der Waals surface area contributed by atoms with Gasteiger partial charge in [0.2, 0.25) is 11.9 Å². The van der Waals surface area contributed by atoms with Gasteiger partial charge >= 0.3 is 0 Å². The first-order valence-electron chi connectivity index (χ1n) is 12.7. The van der Waals surface area contributed by atoms with Gasteiger partial charge in [-0.2, -0.15) is 0 Å². The number of aryl methyl sites for hydroxylation is 2. The highest BCUT2D eigenvalue weighted by Gasteiger charge is 2.34. The monoisotopic (exact) mass is 481 g/mol. The molecule has 8 nitrogen and oxygen atoms in total. The zero-order valence-electron chi connectivity index (χ0n) is 20.8. The SMILES string of the molecule is Cc1cc(-c2ccc3nc(Nc4cc(CN5CCN(C(=O)C6CC6)CC5)ccn4)[nH]c3c2)cc(C)n1. The van der Waals surface area contributed by atoms with Crippen LogP contribution in [0.1, 0.15) is 29.8 Å². The maximum Gasteiger partial charge on any atom is 0.225 e. The van der Waals surface area contributed by atoms with Gasteiger partial charge in [-0.3, -0.25) is 14.7 Å². The van der Waals surface area contributed by atoms with Crippen LogP contribution in [0.25, 0.3) is 22.2 Å². The third-order valence-corrected chi connectivity index (χ3v) is 6.98. The maximum absolute atomic E-state index is 12.3. The van der Waals surface area contributed by atoms with Crippen LogP contribution in [0.2, 0.25) is 0 Å². The van der Waals surface area contributed by atoms with Crippen LogP contribution in [0.15, 0.2) is 48.7 Å². The number of carbonyl (C=O) groups is 1. The number of hydrogen-bond donors (Lipinski definition) is 2. The van der Waals surface area contributed by atoms with E-state index in [1.807, 2.05) is 31.0 Å². The maximum atomic E-state index is 12.3. The Labute approximate surface area is 210 Å². The first-order chi connectivity index (χ1) is 17.5. The van der Waals surface area contributed by atoms with Crippen LogP contribution < -0.4 is 5.32 Å². The summed E-state index contributed by atoms with van der Waals surface area (Å²) in [6, 6.07) is 14.6. The predicted octanol–water partition coefficient (Wildman–Crippen LogP) is 4.43. The fourth-order valence-corrected chi connectivity index (χ4v) is 4.98. The van der Waals surface area contributed by atoms with Crippen molar-refractivity contribution in [1.29, 1.82) is 0 Å². The molecule has 0 spiro atoms. The van der Waals surface area contributed by atoms with Crippen molar-refractivity contribution in [2.24, 2.45) is 5.92 Å². The highest BCUT2D eigenvalue weighted by atomic mass is 16.2. The van der Waals surface area contributed by atoms with Gasteiger partial charge in [-0.05, 0) is 79.8 Å².